The number of para-hydroxylation sites is 2. The van der Waals surface area contributed by atoms with Crippen molar-refractivity contribution < 1.29 is 13.9 Å². The fourth-order valence-electron chi connectivity index (χ4n) is 2.89. The van der Waals surface area contributed by atoms with Crippen molar-refractivity contribution in [2.75, 3.05) is 38.2 Å². The molecule has 0 unspecified atom stereocenters. The molecule has 1 heterocycles. The van der Waals surface area contributed by atoms with Gasteiger partial charge in [-0.3, -0.25) is 10.1 Å². The molecule has 1 saturated heterocycles. The topological polar surface area (TPSA) is 44.8 Å². The van der Waals surface area contributed by atoms with Gasteiger partial charge in [-0.15, -0.1) is 0 Å². The van der Waals surface area contributed by atoms with Gasteiger partial charge in [0.25, 0.3) is 5.91 Å². The molecule has 0 bridgehead atoms. The van der Waals surface area contributed by atoms with Gasteiger partial charge < -0.3 is 14.5 Å². The molecule has 1 fully saturated rings. The Labute approximate surface area is 157 Å². The van der Waals surface area contributed by atoms with Crippen LogP contribution in [0.4, 0.5) is 10.1 Å². The van der Waals surface area contributed by atoms with E-state index in [9.17, 15) is 9.18 Å². The highest BCUT2D eigenvalue weighted by Gasteiger charge is 2.22. The van der Waals surface area contributed by atoms with Gasteiger partial charge in [-0.2, -0.15) is 0 Å². The fraction of sp³-hybridized carbons (Fsp3) is 0.263. The minimum absolute atomic E-state index is 0.331. The van der Waals surface area contributed by atoms with Crippen LogP contribution in [0.2, 0.25) is 0 Å². The maximum absolute atomic E-state index is 13.0. The monoisotopic (exact) mass is 373 g/mol. The Kier molecular flexibility index (Phi) is 5.68. The van der Waals surface area contributed by atoms with Crippen LogP contribution < -0.4 is 15.0 Å². The summed E-state index contributed by atoms with van der Waals surface area (Å²) in [6.45, 7) is 2.93. The largest absolute Gasteiger partial charge is 0.495 e. The number of carbonyl (C=O) groups is 1. The van der Waals surface area contributed by atoms with Crippen molar-refractivity contribution >= 4 is 28.9 Å². The van der Waals surface area contributed by atoms with Gasteiger partial charge in [-0.05, 0) is 48.6 Å². The van der Waals surface area contributed by atoms with Crippen LogP contribution in [0.25, 0.3) is 0 Å². The zero-order valence-corrected chi connectivity index (χ0v) is 15.3. The normalized spacial score (nSPS) is 14.1. The number of methoxy groups -OCH3 is 1. The summed E-state index contributed by atoms with van der Waals surface area (Å²) in [5.41, 5.74) is 1.43. The molecule has 26 heavy (non-hydrogen) atoms. The van der Waals surface area contributed by atoms with Gasteiger partial charge >= 0.3 is 0 Å². The van der Waals surface area contributed by atoms with E-state index >= 15 is 0 Å². The Balaban J connectivity index is 1.56. The van der Waals surface area contributed by atoms with Crippen molar-refractivity contribution in [3.8, 4) is 5.75 Å². The maximum atomic E-state index is 13.0. The minimum Gasteiger partial charge on any atom is -0.495 e. The minimum atomic E-state index is -0.378. The quantitative estimate of drug-likeness (QED) is 0.838. The first-order valence-corrected chi connectivity index (χ1v) is 8.73. The summed E-state index contributed by atoms with van der Waals surface area (Å²) in [6, 6.07) is 13.3. The number of hydrogen-bond acceptors (Lipinski definition) is 4. The molecule has 0 aliphatic carbocycles. The SMILES string of the molecule is COc1ccccc1N1CCN(C(=S)NC(=O)c2ccc(F)cc2)CC1. The standard InChI is InChI=1S/C19H20FN3O2S/c1-25-17-5-3-2-4-16(17)22-10-12-23(13-11-22)19(26)21-18(24)14-6-8-15(20)9-7-14/h2-9H,10-13H2,1H3,(H,21,24,26). The van der Waals surface area contributed by atoms with Gasteiger partial charge in [0.2, 0.25) is 0 Å². The number of ether oxygens (including phenoxy) is 1. The predicted octanol–water partition coefficient (Wildman–Crippen LogP) is 2.67. The van der Waals surface area contributed by atoms with Crippen LogP contribution >= 0.6 is 12.2 Å². The average Bonchev–Trinajstić information content (AvgIpc) is 2.68. The van der Waals surface area contributed by atoms with E-state index in [4.69, 9.17) is 17.0 Å². The average molecular weight is 373 g/mol. The van der Waals surface area contributed by atoms with E-state index in [0.717, 1.165) is 24.5 Å². The Morgan fingerprint density at radius 3 is 2.38 bits per heavy atom. The van der Waals surface area contributed by atoms with Crippen molar-refractivity contribution in [1.82, 2.24) is 10.2 Å². The second kappa shape index (κ2) is 8.14. The van der Waals surface area contributed by atoms with E-state index in [1.165, 1.54) is 24.3 Å². The first-order valence-electron chi connectivity index (χ1n) is 8.32. The van der Waals surface area contributed by atoms with Gasteiger partial charge in [-0.25, -0.2) is 4.39 Å². The molecule has 1 N–H and O–H groups in total. The molecule has 1 aliphatic heterocycles. The Morgan fingerprint density at radius 2 is 1.73 bits per heavy atom. The fourth-order valence-corrected chi connectivity index (χ4v) is 3.17. The molecule has 7 heteroatoms. The van der Waals surface area contributed by atoms with Crippen molar-refractivity contribution in [2.24, 2.45) is 0 Å². The zero-order valence-electron chi connectivity index (χ0n) is 14.4. The molecule has 2 aromatic rings. The molecule has 0 aromatic heterocycles. The van der Waals surface area contributed by atoms with Gasteiger partial charge in [0, 0.05) is 31.7 Å². The summed E-state index contributed by atoms with van der Waals surface area (Å²) in [5.74, 6) is 0.131. The van der Waals surface area contributed by atoms with Gasteiger partial charge in [0.05, 0.1) is 12.8 Å². The number of rotatable bonds is 3. The summed E-state index contributed by atoms with van der Waals surface area (Å²) in [5, 5.41) is 3.10. The molecule has 1 aliphatic rings. The Bertz CT molecular complexity index is 790. The second-order valence-corrected chi connectivity index (χ2v) is 6.30. The molecule has 0 spiro atoms. The highest BCUT2D eigenvalue weighted by molar-refractivity contribution is 7.80. The lowest BCUT2D eigenvalue weighted by atomic mass is 10.2. The molecule has 0 radical (unpaired) electrons. The zero-order chi connectivity index (χ0) is 18.5. The molecular formula is C19H20FN3O2S. The molecule has 3 rings (SSSR count). The molecular weight excluding hydrogens is 353 g/mol. The van der Waals surface area contributed by atoms with Crippen LogP contribution in [0.3, 0.4) is 0 Å². The molecule has 5 nitrogen and oxygen atoms in total. The lowest BCUT2D eigenvalue weighted by Gasteiger charge is -2.37. The summed E-state index contributed by atoms with van der Waals surface area (Å²) >= 11 is 5.36. The predicted molar refractivity (Wildman–Crippen MR) is 103 cm³/mol. The van der Waals surface area contributed by atoms with Crippen molar-refractivity contribution in [3.63, 3.8) is 0 Å². The number of nitrogens with one attached hydrogen (secondary N) is 1. The van der Waals surface area contributed by atoms with Crippen LogP contribution in [0.1, 0.15) is 10.4 Å². The molecule has 1 amide bonds. The number of halogens is 1. The number of thiocarbonyl (C=S) groups is 1. The van der Waals surface area contributed by atoms with Crippen LogP contribution in [0.5, 0.6) is 5.75 Å². The molecule has 0 saturated carbocycles. The number of amides is 1. The molecule has 2 aromatic carbocycles. The Hall–Kier alpha value is -2.67. The number of carbonyl (C=O) groups excluding carboxylic acids is 1. The third-order valence-corrected chi connectivity index (χ3v) is 4.68. The lowest BCUT2D eigenvalue weighted by molar-refractivity contribution is 0.0973. The van der Waals surface area contributed by atoms with E-state index in [2.05, 4.69) is 10.2 Å². The molecule has 136 valence electrons. The summed E-state index contributed by atoms with van der Waals surface area (Å²) in [7, 11) is 1.66. The van der Waals surface area contributed by atoms with Crippen LogP contribution in [-0.4, -0.2) is 49.2 Å². The number of nitrogens with zero attached hydrogens (tertiary/aromatic N) is 2. The second-order valence-electron chi connectivity index (χ2n) is 5.91. The summed E-state index contributed by atoms with van der Waals surface area (Å²) in [6.07, 6.45) is 0. The third kappa shape index (κ3) is 4.11. The van der Waals surface area contributed by atoms with Gasteiger partial charge in [-0.1, -0.05) is 12.1 Å². The summed E-state index contributed by atoms with van der Waals surface area (Å²) < 4.78 is 18.4. The summed E-state index contributed by atoms with van der Waals surface area (Å²) in [4.78, 5) is 16.4. The first-order chi connectivity index (χ1) is 12.6. The highest BCUT2D eigenvalue weighted by atomic mass is 32.1. The molecule has 0 atom stereocenters. The van der Waals surface area contributed by atoms with Crippen LogP contribution in [-0.2, 0) is 0 Å². The number of piperazine rings is 1. The van der Waals surface area contributed by atoms with Crippen molar-refractivity contribution in [1.29, 1.82) is 0 Å². The van der Waals surface area contributed by atoms with Crippen LogP contribution in [0.15, 0.2) is 48.5 Å². The lowest BCUT2D eigenvalue weighted by Crippen LogP contribution is -2.52. The number of benzene rings is 2. The Morgan fingerprint density at radius 1 is 1.08 bits per heavy atom. The number of anilines is 1. The van der Waals surface area contributed by atoms with E-state index < -0.39 is 0 Å². The number of hydrogen-bond donors (Lipinski definition) is 1. The first kappa shape index (κ1) is 18.1. The van der Waals surface area contributed by atoms with Crippen molar-refractivity contribution in [2.45, 2.75) is 0 Å². The van der Waals surface area contributed by atoms with E-state index in [-0.39, 0.29) is 11.7 Å². The van der Waals surface area contributed by atoms with Crippen molar-refractivity contribution in [3.05, 3.63) is 59.9 Å². The maximum Gasteiger partial charge on any atom is 0.257 e. The van der Waals surface area contributed by atoms with Gasteiger partial charge in [0.15, 0.2) is 5.11 Å². The third-order valence-electron chi connectivity index (χ3n) is 4.32. The van der Waals surface area contributed by atoms with E-state index in [1.54, 1.807) is 7.11 Å². The highest BCUT2D eigenvalue weighted by Crippen LogP contribution is 2.28. The van der Waals surface area contributed by atoms with Crippen LogP contribution in [0, 0.1) is 5.82 Å². The van der Waals surface area contributed by atoms with Gasteiger partial charge in [0.1, 0.15) is 11.6 Å². The van der Waals surface area contributed by atoms with E-state index in [1.807, 2.05) is 29.2 Å². The van der Waals surface area contributed by atoms with E-state index in [0.29, 0.717) is 23.8 Å². The smallest absolute Gasteiger partial charge is 0.257 e.